The lowest BCUT2D eigenvalue weighted by Crippen LogP contribution is -2.57. The van der Waals surface area contributed by atoms with Crippen molar-refractivity contribution in [3.05, 3.63) is 155 Å². The second-order valence-electron chi connectivity index (χ2n) is 17.3. The number of piperazine rings is 1. The third-order valence-electron chi connectivity index (χ3n) is 12.5. The summed E-state index contributed by atoms with van der Waals surface area (Å²) in [6.45, 7) is 14.1. The van der Waals surface area contributed by atoms with Crippen molar-refractivity contribution in [1.82, 2.24) is 0 Å². The summed E-state index contributed by atoms with van der Waals surface area (Å²) in [4.78, 5) is 5.81. The highest BCUT2D eigenvalue weighted by Crippen LogP contribution is 2.71. The molecule has 50 heavy (non-hydrogen) atoms. The molecule has 5 heterocycles. The van der Waals surface area contributed by atoms with Crippen molar-refractivity contribution in [2.24, 2.45) is 0 Å². The van der Waals surface area contributed by atoms with E-state index in [1.165, 1.54) is 89.3 Å². The summed E-state index contributed by atoms with van der Waals surface area (Å²) in [6.07, 6.45) is 0. The zero-order valence-corrected chi connectivity index (χ0v) is 29.8. The van der Waals surface area contributed by atoms with Gasteiger partial charge in [0.25, 0.3) is 0 Å². The molecule has 6 aromatic rings. The SMILES string of the molecule is CC(C)(C)c1cc2c3c(c1)-c1ccccc1C1C4c5ccccc5-c5cc(C(C)(C)C)cc6c5N4C(c4ccccc4-6)C(c4ccccc4-2)N31. The van der Waals surface area contributed by atoms with Gasteiger partial charge in [0.15, 0.2) is 0 Å². The number of fused-ring (bicyclic) bond motifs is 14. The Morgan fingerprint density at radius 1 is 0.340 bits per heavy atom. The molecule has 0 bridgehead atoms. The molecule has 0 spiro atoms. The molecule has 6 aromatic carbocycles. The minimum absolute atomic E-state index is 0.0262. The maximum Gasteiger partial charge on any atom is 0.0802 e. The molecule has 244 valence electrons. The van der Waals surface area contributed by atoms with Crippen LogP contribution in [0.4, 0.5) is 11.4 Å². The first kappa shape index (κ1) is 28.7. The summed E-state index contributed by atoms with van der Waals surface area (Å²) in [5.41, 5.74) is 22.5. The molecule has 0 aromatic heterocycles. The number of benzene rings is 6. The lowest BCUT2D eigenvalue weighted by atomic mass is 9.65. The highest BCUT2D eigenvalue weighted by atomic mass is 15.4. The van der Waals surface area contributed by atoms with Crippen LogP contribution in [0.2, 0.25) is 0 Å². The average Bonchev–Trinajstić information content (AvgIpc) is 3.12. The third kappa shape index (κ3) is 3.49. The van der Waals surface area contributed by atoms with E-state index in [1.54, 1.807) is 0 Å². The number of hydrogen-bond acceptors (Lipinski definition) is 2. The maximum absolute atomic E-state index is 2.90. The van der Waals surface area contributed by atoms with Crippen molar-refractivity contribution in [3.8, 4) is 44.5 Å². The molecule has 0 radical (unpaired) electrons. The number of hydrogen-bond donors (Lipinski definition) is 0. The van der Waals surface area contributed by atoms with Gasteiger partial charge >= 0.3 is 0 Å². The number of anilines is 2. The van der Waals surface area contributed by atoms with Gasteiger partial charge in [-0.05, 0) is 90.7 Å². The second-order valence-corrected chi connectivity index (χ2v) is 17.3. The molecule has 11 rings (SSSR count). The molecule has 4 atom stereocenters. The Kier molecular flexibility index (Phi) is 5.38. The smallest absolute Gasteiger partial charge is 0.0802 e. The molecular formula is C48H42N2. The van der Waals surface area contributed by atoms with Gasteiger partial charge in [-0.1, -0.05) is 139 Å². The first-order chi connectivity index (χ1) is 24.1. The maximum atomic E-state index is 2.90. The van der Waals surface area contributed by atoms with E-state index < -0.39 is 0 Å². The topological polar surface area (TPSA) is 6.48 Å². The molecule has 5 aliphatic rings. The Hall–Kier alpha value is -5.08. The van der Waals surface area contributed by atoms with E-state index in [0.717, 1.165) is 0 Å². The van der Waals surface area contributed by atoms with Crippen LogP contribution in [0.15, 0.2) is 121 Å². The van der Waals surface area contributed by atoms with Gasteiger partial charge in [0.05, 0.1) is 35.5 Å². The monoisotopic (exact) mass is 646 g/mol. The third-order valence-corrected chi connectivity index (χ3v) is 12.5. The fourth-order valence-electron chi connectivity index (χ4n) is 10.3. The van der Waals surface area contributed by atoms with E-state index in [4.69, 9.17) is 0 Å². The summed E-state index contributed by atoms with van der Waals surface area (Å²) in [5, 5.41) is 0. The minimum atomic E-state index is 0.0262. The van der Waals surface area contributed by atoms with E-state index >= 15 is 0 Å². The van der Waals surface area contributed by atoms with Crippen LogP contribution in [0.5, 0.6) is 0 Å². The van der Waals surface area contributed by atoms with Crippen LogP contribution in [-0.4, -0.2) is 0 Å². The molecule has 0 aliphatic carbocycles. The lowest BCUT2D eigenvalue weighted by molar-refractivity contribution is 0.304. The normalized spacial score (nSPS) is 21.3. The van der Waals surface area contributed by atoms with Gasteiger partial charge < -0.3 is 9.80 Å². The van der Waals surface area contributed by atoms with Crippen LogP contribution >= 0.6 is 0 Å². The largest absolute Gasteiger partial charge is 0.351 e. The van der Waals surface area contributed by atoms with Gasteiger partial charge in [-0.3, -0.25) is 0 Å². The zero-order valence-electron chi connectivity index (χ0n) is 29.8. The van der Waals surface area contributed by atoms with E-state index in [9.17, 15) is 0 Å². The molecule has 5 aliphatic heterocycles. The van der Waals surface area contributed by atoms with Crippen molar-refractivity contribution in [1.29, 1.82) is 0 Å². The molecule has 1 fully saturated rings. The molecule has 4 unspecified atom stereocenters. The lowest BCUT2D eigenvalue weighted by Gasteiger charge is -2.64. The van der Waals surface area contributed by atoms with Crippen LogP contribution in [0, 0.1) is 0 Å². The summed E-state index contributed by atoms with van der Waals surface area (Å²) in [6, 6.07) is 48.0. The molecule has 0 N–H and O–H groups in total. The quantitative estimate of drug-likeness (QED) is 0.162. The van der Waals surface area contributed by atoms with Crippen LogP contribution < -0.4 is 9.80 Å². The molecule has 2 nitrogen and oxygen atoms in total. The summed E-state index contributed by atoms with van der Waals surface area (Å²) in [7, 11) is 0. The summed E-state index contributed by atoms with van der Waals surface area (Å²) < 4.78 is 0. The predicted molar refractivity (Wildman–Crippen MR) is 208 cm³/mol. The Balaban J connectivity index is 1.31. The van der Waals surface area contributed by atoms with Crippen LogP contribution in [0.1, 0.15) is 99.1 Å². The van der Waals surface area contributed by atoms with Crippen molar-refractivity contribution in [2.75, 3.05) is 9.80 Å². The first-order valence-corrected chi connectivity index (χ1v) is 18.4. The molecule has 2 heteroatoms. The fourth-order valence-corrected chi connectivity index (χ4v) is 10.3. The van der Waals surface area contributed by atoms with E-state index in [0.29, 0.717) is 0 Å². The van der Waals surface area contributed by atoms with Gasteiger partial charge in [0.2, 0.25) is 0 Å². The second kappa shape index (κ2) is 9.37. The summed E-state index contributed by atoms with van der Waals surface area (Å²) in [5.74, 6) is 0. The Morgan fingerprint density at radius 2 is 0.580 bits per heavy atom. The zero-order chi connectivity index (χ0) is 33.8. The molecular weight excluding hydrogens is 605 g/mol. The van der Waals surface area contributed by atoms with Crippen molar-refractivity contribution in [2.45, 2.75) is 76.5 Å². The average molecular weight is 647 g/mol. The number of rotatable bonds is 0. The van der Waals surface area contributed by atoms with Crippen LogP contribution in [0.25, 0.3) is 44.5 Å². The van der Waals surface area contributed by atoms with Gasteiger partial charge in [-0.2, -0.15) is 0 Å². The molecule has 0 amide bonds. The van der Waals surface area contributed by atoms with Crippen molar-refractivity contribution < 1.29 is 0 Å². The van der Waals surface area contributed by atoms with E-state index in [2.05, 4.69) is 173 Å². The Labute approximate surface area is 296 Å². The standard InChI is InChI=1S/C48H42N2/c1-47(2,3)27-23-37-29-15-7-11-19-33(29)43-45-35-21-13-9-17-31(35)39-25-28(48(4,5)6)26-40-32-18-10-14-22-36(32)46(50(45)42(39)40)44-34-20-12-8-16-30(34)38(24-27)41(37)49(43)44/h7-26,43-46H,1-6H3. The van der Waals surface area contributed by atoms with Crippen molar-refractivity contribution >= 4 is 11.4 Å². The highest BCUT2D eigenvalue weighted by molar-refractivity contribution is 6.03. The first-order valence-electron chi connectivity index (χ1n) is 18.4. The number of nitrogens with zero attached hydrogens (tertiary/aromatic N) is 2. The van der Waals surface area contributed by atoms with E-state index in [-0.39, 0.29) is 35.0 Å². The Morgan fingerprint density at radius 3 is 0.820 bits per heavy atom. The minimum Gasteiger partial charge on any atom is -0.351 e. The van der Waals surface area contributed by atoms with E-state index in [1.807, 2.05) is 0 Å². The van der Waals surface area contributed by atoms with Gasteiger partial charge in [-0.15, -0.1) is 0 Å². The molecule has 0 saturated carbocycles. The van der Waals surface area contributed by atoms with Gasteiger partial charge in [0, 0.05) is 22.3 Å². The van der Waals surface area contributed by atoms with Gasteiger partial charge in [0.1, 0.15) is 0 Å². The summed E-state index contributed by atoms with van der Waals surface area (Å²) >= 11 is 0. The van der Waals surface area contributed by atoms with Gasteiger partial charge in [-0.25, -0.2) is 0 Å². The highest BCUT2D eigenvalue weighted by Gasteiger charge is 2.58. The Bertz CT molecular complexity index is 2130. The predicted octanol–water partition coefficient (Wildman–Crippen LogP) is 12.5. The van der Waals surface area contributed by atoms with Crippen LogP contribution in [-0.2, 0) is 10.8 Å². The van der Waals surface area contributed by atoms with Crippen LogP contribution in [0.3, 0.4) is 0 Å². The fraction of sp³-hybridized carbons (Fsp3) is 0.250. The molecule has 1 saturated heterocycles. The van der Waals surface area contributed by atoms with Crippen molar-refractivity contribution in [3.63, 3.8) is 0 Å².